The van der Waals surface area contributed by atoms with E-state index in [1.54, 1.807) is 18.0 Å². The largest absolute Gasteiger partial charge is 0.467 e. The lowest BCUT2D eigenvalue weighted by atomic mass is 10.00. The molecular formula is C19H26N6O3S. The Hall–Kier alpha value is -2.49. The predicted molar refractivity (Wildman–Crippen MR) is 109 cm³/mol. The van der Waals surface area contributed by atoms with Crippen molar-refractivity contribution >= 4 is 29.6 Å². The number of hydrogen-bond donors (Lipinski definition) is 1. The number of carbonyl (C=O) groups is 2. The molecule has 0 radical (unpaired) electrons. The first-order chi connectivity index (χ1) is 14.1. The minimum absolute atomic E-state index is 0.0985. The van der Waals surface area contributed by atoms with Gasteiger partial charge >= 0.3 is 6.03 Å². The van der Waals surface area contributed by atoms with E-state index in [1.165, 1.54) is 4.90 Å². The van der Waals surface area contributed by atoms with Gasteiger partial charge in [-0.25, -0.2) is 4.79 Å². The Labute approximate surface area is 173 Å². The van der Waals surface area contributed by atoms with Crippen LogP contribution in [0.3, 0.4) is 0 Å². The summed E-state index contributed by atoms with van der Waals surface area (Å²) >= 11 is 1.59. The van der Waals surface area contributed by atoms with Gasteiger partial charge in [0.2, 0.25) is 11.9 Å². The molecule has 156 valence electrons. The van der Waals surface area contributed by atoms with Crippen LogP contribution < -0.4 is 10.2 Å². The highest BCUT2D eigenvalue weighted by molar-refractivity contribution is 7.99. The normalized spacial score (nSPS) is 18.0. The number of thioether (sulfide) groups is 1. The topological polar surface area (TPSA) is 96.5 Å². The van der Waals surface area contributed by atoms with Crippen molar-refractivity contribution in [1.82, 2.24) is 25.0 Å². The first kappa shape index (κ1) is 19.8. The van der Waals surface area contributed by atoms with Gasteiger partial charge in [-0.3, -0.25) is 14.3 Å². The molecule has 0 aliphatic carbocycles. The maximum Gasteiger partial charge on any atom is 0.324 e. The van der Waals surface area contributed by atoms with Crippen LogP contribution >= 0.6 is 11.8 Å². The molecule has 0 unspecified atom stereocenters. The van der Waals surface area contributed by atoms with E-state index in [0.29, 0.717) is 19.5 Å². The minimum Gasteiger partial charge on any atom is -0.467 e. The maximum absolute atomic E-state index is 11.7. The van der Waals surface area contributed by atoms with Crippen LogP contribution in [-0.4, -0.2) is 63.5 Å². The monoisotopic (exact) mass is 418 g/mol. The molecule has 0 atom stereocenters. The Bertz CT molecular complexity index is 828. The zero-order valence-electron chi connectivity index (χ0n) is 16.5. The molecule has 2 aromatic rings. The molecule has 10 heteroatoms. The number of furan rings is 1. The van der Waals surface area contributed by atoms with Gasteiger partial charge in [-0.2, -0.15) is 0 Å². The van der Waals surface area contributed by atoms with E-state index in [2.05, 4.69) is 31.9 Å². The summed E-state index contributed by atoms with van der Waals surface area (Å²) in [7, 11) is 0. The van der Waals surface area contributed by atoms with Crippen molar-refractivity contribution in [2.45, 2.75) is 37.9 Å². The smallest absolute Gasteiger partial charge is 0.324 e. The number of nitrogens with zero attached hydrogens (tertiary/aromatic N) is 5. The molecule has 0 spiro atoms. The number of rotatable bonds is 8. The second-order valence-corrected chi connectivity index (χ2v) is 8.59. The summed E-state index contributed by atoms with van der Waals surface area (Å²) < 4.78 is 7.65. The predicted octanol–water partition coefficient (Wildman–Crippen LogP) is 2.19. The molecule has 29 heavy (non-hydrogen) atoms. The van der Waals surface area contributed by atoms with E-state index in [9.17, 15) is 9.59 Å². The highest BCUT2D eigenvalue weighted by atomic mass is 32.2. The number of hydrogen-bond acceptors (Lipinski definition) is 7. The van der Waals surface area contributed by atoms with Crippen LogP contribution in [0.5, 0.6) is 0 Å². The van der Waals surface area contributed by atoms with Gasteiger partial charge in [-0.05, 0) is 37.3 Å². The fourth-order valence-electron chi connectivity index (χ4n) is 3.59. The lowest BCUT2D eigenvalue weighted by Gasteiger charge is -2.31. The molecule has 1 N–H and O–H groups in total. The number of imide groups is 1. The Morgan fingerprint density at radius 3 is 2.79 bits per heavy atom. The summed E-state index contributed by atoms with van der Waals surface area (Å²) in [4.78, 5) is 26.9. The molecule has 2 fully saturated rings. The van der Waals surface area contributed by atoms with Crippen molar-refractivity contribution in [3.63, 3.8) is 0 Å². The van der Waals surface area contributed by atoms with E-state index in [1.807, 2.05) is 12.1 Å². The second kappa shape index (κ2) is 8.89. The third-order valence-electron chi connectivity index (χ3n) is 5.35. The van der Waals surface area contributed by atoms with Crippen LogP contribution in [0.4, 0.5) is 10.7 Å². The molecule has 4 heterocycles. The SMILES string of the molecule is CC1CCN(c2nnc(SCCCN3C(=O)CNC3=O)n2Cc2ccco2)CC1. The van der Waals surface area contributed by atoms with Crippen molar-refractivity contribution < 1.29 is 14.0 Å². The summed E-state index contributed by atoms with van der Waals surface area (Å²) in [6, 6.07) is 3.53. The fraction of sp³-hybridized carbons (Fsp3) is 0.579. The first-order valence-corrected chi connectivity index (χ1v) is 11.0. The molecule has 9 nitrogen and oxygen atoms in total. The molecule has 4 rings (SSSR count). The number of piperidine rings is 1. The highest BCUT2D eigenvalue weighted by Gasteiger charge is 2.28. The van der Waals surface area contributed by atoms with Gasteiger partial charge in [0.1, 0.15) is 5.76 Å². The number of amides is 3. The third-order valence-corrected chi connectivity index (χ3v) is 6.41. The average Bonchev–Trinajstić information content (AvgIpc) is 3.44. The summed E-state index contributed by atoms with van der Waals surface area (Å²) in [5.74, 6) is 3.06. The molecule has 2 saturated heterocycles. The van der Waals surface area contributed by atoms with Crippen LogP contribution in [-0.2, 0) is 11.3 Å². The summed E-state index contributed by atoms with van der Waals surface area (Å²) in [5.41, 5.74) is 0. The number of aromatic nitrogens is 3. The van der Waals surface area contributed by atoms with Gasteiger partial charge < -0.3 is 14.6 Å². The quantitative estimate of drug-likeness (QED) is 0.399. The van der Waals surface area contributed by atoms with E-state index in [0.717, 1.165) is 54.5 Å². The molecule has 2 aliphatic heterocycles. The van der Waals surface area contributed by atoms with Crippen molar-refractivity contribution in [1.29, 1.82) is 0 Å². The summed E-state index contributed by atoms with van der Waals surface area (Å²) in [6.07, 6.45) is 4.69. The van der Waals surface area contributed by atoms with Gasteiger partial charge in [0.05, 0.1) is 19.4 Å². The zero-order chi connectivity index (χ0) is 20.2. The van der Waals surface area contributed by atoms with Crippen LogP contribution in [0.15, 0.2) is 28.0 Å². The van der Waals surface area contributed by atoms with E-state index in [4.69, 9.17) is 4.42 Å². The van der Waals surface area contributed by atoms with Gasteiger partial charge in [0, 0.05) is 25.4 Å². The lowest BCUT2D eigenvalue weighted by molar-refractivity contribution is -0.124. The molecule has 0 saturated carbocycles. The van der Waals surface area contributed by atoms with E-state index < -0.39 is 0 Å². The molecule has 2 aromatic heterocycles. The third kappa shape index (κ3) is 4.58. The molecular weight excluding hydrogens is 392 g/mol. The number of urea groups is 1. The van der Waals surface area contributed by atoms with Crippen LogP contribution in [0, 0.1) is 5.92 Å². The zero-order valence-corrected chi connectivity index (χ0v) is 17.4. The van der Waals surface area contributed by atoms with Crippen LogP contribution in [0.25, 0.3) is 0 Å². The number of carbonyl (C=O) groups excluding carboxylic acids is 2. The van der Waals surface area contributed by atoms with Crippen LogP contribution in [0.1, 0.15) is 31.9 Å². The minimum atomic E-state index is -0.303. The van der Waals surface area contributed by atoms with Crippen molar-refractivity contribution in [2.24, 2.45) is 5.92 Å². The molecule has 0 bridgehead atoms. The Morgan fingerprint density at radius 1 is 1.28 bits per heavy atom. The Morgan fingerprint density at radius 2 is 2.10 bits per heavy atom. The maximum atomic E-state index is 11.7. The van der Waals surface area contributed by atoms with Crippen molar-refractivity contribution in [2.75, 3.05) is 36.8 Å². The van der Waals surface area contributed by atoms with Crippen LogP contribution in [0.2, 0.25) is 0 Å². The molecule has 3 amide bonds. The fourth-order valence-corrected chi connectivity index (χ4v) is 4.45. The van der Waals surface area contributed by atoms with E-state index in [-0.39, 0.29) is 18.5 Å². The van der Waals surface area contributed by atoms with Gasteiger partial charge in [0.25, 0.3) is 0 Å². The van der Waals surface area contributed by atoms with Crippen molar-refractivity contribution in [3.8, 4) is 0 Å². The summed E-state index contributed by atoms with van der Waals surface area (Å²) in [5, 5.41) is 12.3. The average molecular weight is 419 g/mol. The number of nitrogens with one attached hydrogen (secondary N) is 1. The highest BCUT2D eigenvalue weighted by Crippen LogP contribution is 2.27. The Balaban J connectivity index is 1.41. The second-order valence-electron chi connectivity index (χ2n) is 7.52. The van der Waals surface area contributed by atoms with E-state index >= 15 is 0 Å². The standard InChI is InChI=1S/C19H26N6O3S/c1-14-5-8-23(9-6-14)17-21-22-19(25(17)13-15-4-2-10-28-15)29-11-3-7-24-16(26)12-20-18(24)27/h2,4,10,14H,3,5-9,11-13H2,1H3,(H,20,27). The Kier molecular flexibility index (Phi) is 6.08. The molecule has 2 aliphatic rings. The van der Waals surface area contributed by atoms with Gasteiger partial charge in [-0.1, -0.05) is 18.7 Å². The van der Waals surface area contributed by atoms with Gasteiger partial charge in [0.15, 0.2) is 5.16 Å². The lowest BCUT2D eigenvalue weighted by Crippen LogP contribution is -2.35. The van der Waals surface area contributed by atoms with Gasteiger partial charge in [-0.15, -0.1) is 10.2 Å². The molecule has 0 aromatic carbocycles. The number of anilines is 1. The van der Waals surface area contributed by atoms with Crippen molar-refractivity contribution in [3.05, 3.63) is 24.2 Å². The first-order valence-electron chi connectivity index (χ1n) is 10.0. The summed E-state index contributed by atoms with van der Waals surface area (Å²) in [6.45, 7) is 5.35.